The Kier molecular flexibility index (Phi) is 5.73. The Labute approximate surface area is 107 Å². The molecule has 0 fully saturated rings. The summed E-state index contributed by atoms with van der Waals surface area (Å²) in [6.07, 6.45) is 2.01. The molecule has 1 atom stereocenters. The Hall–Kier alpha value is -1.32. The Balaban J connectivity index is 2.65. The summed E-state index contributed by atoms with van der Waals surface area (Å²) in [6, 6.07) is 7.45. The minimum absolute atomic E-state index is 0.00137. The number of benzene rings is 1. The fraction of sp³-hybridized carbons (Fsp3) is 0.308. The van der Waals surface area contributed by atoms with Crippen LogP contribution in [0.1, 0.15) is 17.9 Å². The van der Waals surface area contributed by atoms with E-state index in [4.69, 9.17) is 17.3 Å². The van der Waals surface area contributed by atoms with Crippen molar-refractivity contribution in [3.63, 3.8) is 0 Å². The molecule has 0 bridgehead atoms. The average molecular weight is 253 g/mol. The minimum Gasteiger partial charge on any atom is -0.353 e. The monoisotopic (exact) mass is 252 g/mol. The average Bonchev–Trinajstić information content (AvgIpc) is 2.33. The SMILES string of the molecule is C=CCNC(=O)CC(CN)c1cccc(Cl)c1. The highest BCUT2D eigenvalue weighted by Crippen LogP contribution is 2.21. The van der Waals surface area contributed by atoms with Gasteiger partial charge in [0.1, 0.15) is 0 Å². The number of nitrogens with one attached hydrogen (secondary N) is 1. The van der Waals surface area contributed by atoms with Crippen LogP contribution in [0, 0.1) is 0 Å². The second-order valence-electron chi connectivity index (χ2n) is 3.78. The van der Waals surface area contributed by atoms with Gasteiger partial charge in [0, 0.05) is 23.9 Å². The maximum Gasteiger partial charge on any atom is 0.220 e. The van der Waals surface area contributed by atoms with Gasteiger partial charge in [-0.2, -0.15) is 0 Å². The molecule has 0 saturated carbocycles. The van der Waals surface area contributed by atoms with E-state index in [1.54, 1.807) is 12.1 Å². The lowest BCUT2D eigenvalue weighted by atomic mass is 9.95. The number of nitrogens with two attached hydrogens (primary N) is 1. The molecular weight excluding hydrogens is 236 g/mol. The van der Waals surface area contributed by atoms with Gasteiger partial charge in [-0.15, -0.1) is 6.58 Å². The maximum atomic E-state index is 11.6. The highest BCUT2D eigenvalue weighted by Gasteiger charge is 2.14. The molecular formula is C13H17ClN2O. The Morgan fingerprint density at radius 3 is 2.94 bits per heavy atom. The summed E-state index contributed by atoms with van der Waals surface area (Å²) in [5.41, 5.74) is 6.68. The van der Waals surface area contributed by atoms with Crippen molar-refractivity contribution in [3.8, 4) is 0 Å². The predicted molar refractivity (Wildman–Crippen MR) is 71.1 cm³/mol. The zero-order chi connectivity index (χ0) is 12.7. The minimum atomic E-state index is -0.0275. The molecule has 1 aromatic carbocycles. The first-order valence-corrected chi connectivity index (χ1v) is 5.88. The predicted octanol–water partition coefficient (Wildman–Crippen LogP) is 2.07. The van der Waals surface area contributed by atoms with Crippen molar-refractivity contribution in [1.82, 2.24) is 5.32 Å². The maximum absolute atomic E-state index is 11.6. The normalized spacial score (nSPS) is 11.9. The van der Waals surface area contributed by atoms with Crippen molar-refractivity contribution in [1.29, 1.82) is 0 Å². The molecule has 1 rings (SSSR count). The van der Waals surface area contributed by atoms with E-state index in [0.717, 1.165) is 5.56 Å². The summed E-state index contributed by atoms with van der Waals surface area (Å²) in [5.74, 6) is -0.0289. The lowest BCUT2D eigenvalue weighted by molar-refractivity contribution is -0.121. The third kappa shape index (κ3) is 4.59. The second kappa shape index (κ2) is 7.09. The Bertz CT molecular complexity index is 393. The summed E-state index contributed by atoms with van der Waals surface area (Å²) in [4.78, 5) is 11.6. The van der Waals surface area contributed by atoms with E-state index in [0.29, 0.717) is 24.5 Å². The van der Waals surface area contributed by atoms with Crippen LogP contribution in [0.4, 0.5) is 0 Å². The van der Waals surface area contributed by atoms with E-state index < -0.39 is 0 Å². The lowest BCUT2D eigenvalue weighted by Crippen LogP contribution is -2.27. The molecule has 17 heavy (non-hydrogen) atoms. The van der Waals surface area contributed by atoms with Crippen molar-refractivity contribution >= 4 is 17.5 Å². The summed E-state index contributed by atoms with van der Waals surface area (Å²) in [7, 11) is 0. The molecule has 0 heterocycles. The molecule has 3 nitrogen and oxygen atoms in total. The zero-order valence-corrected chi connectivity index (χ0v) is 10.4. The largest absolute Gasteiger partial charge is 0.353 e. The quantitative estimate of drug-likeness (QED) is 0.762. The van der Waals surface area contributed by atoms with Gasteiger partial charge in [0.15, 0.2) is 0 Å². The fourth-order valence-electron chi connectivity index (χ4n) is 1.58. The van der Waals surface area contributed by atoms with Crippen LogP contribution in [0.15, 0.2) is 36.9 Å². The number of halogens is 1. The lowest BCUT2D eigenvalue weighted by Gasteiger charge is -2.14. The number of hydrogen-bond donors (Lipinski definition) is 2. The van der Waals surface area contributed by atoms with Gasteiger partial charge in [-0.1, -0.05) is 29.8 Å². The zero-order valence-electron chi connectivity index (χ0n) is 9.66. The molecule has 1 unspecified atom stereocenters. The van der Waals surface area contributed by atoms with Gasteiger partial charge < -0.3 is 11.1 Å². The molecule has 1 aromatic rings. The van der Waals surface area contributed by atoms with Gasteiger partial charge in [0.2, 0.25) is 5.91 Å². The summed E-state index contributed by atoms with van der Waals surface area (Å²) >= 11 is 5.91. The summed E-state index contributed by atoms with van der Waals surface area (Å²) in [5, 5.41) is 3.40. The van der Waals surface area contributed by atoms with E-state index in [1.165, 1.54) is 0 Å². The number of carbonyl (C=O) groups excluding carboxylic acids is 1. The van der Waals surface area contributed by atoms with Crippen LogP contribution in [0.5, 0.6) is 0 Å². The molecule has 92 valence electrons. The Morgan fingerprint density at radius 1 is 1.59 bits per heavy atom. The topological polar surface area (TPSA) is 55.1 Å². The van der Waals surface area contributed by atoms with Crippen LogP contribution in [-0.2, 0) is 4.79 Å². The molecule has 0 aliphatic heterocycles. The van der Waals surface area contributed by atoms with Gasteiger partial charge in [0.05, 0.1) is 0 Å². The van der Waals surface area contributed by atoms with Crippen LogP contribution in [0.25, 0.3) is 0 Å². The van der Waals surface area contributed by atoms with Crippen LogP contribution in [0.3, 0.4) is 0 Å². The van der Waals surface area contributed by atoms with Gasteiger partial charge in [-0.05, 0) is 24.2 Å². The van der Waals surface area contributed by atoms with E-state index in [-0.39, 0.29) is 11.8 Å². The number of hydrogen-bond acceptors (Lipinski definition) is 2. The molecule has 4 heteroatoms. The van der Waals surface area contributed by atoms with Crippen LogP contribution in [0.2, 0.25) is 5.02 Å². The molecule has 0 radical (unpaired) electrons. The first kappa shape index (κ1) is 13.7. The fourth-order valence-corrected chi connectivity index (χ4v) is 1.78. The van der Waals surface area contributed by atoms with Crippen molar-refractivity contribution in [2.75, 3.05) is 13.1 Å². The highest BCUT2D eigenvalue weighted by molar-refractivity contribution is 6.30. The number of amides is 1. The Morgan fingerprint density at radius 2 is 2.35 bits per heavy atom. The molecule has 0 spiro atoms. The van der Waals surface area contributed by atoms with E-state index >= 15 is 0 Å². The molecule has 0 saturated heterocycles. The smallest absolute Gasteiger partial charge is 0.220 e. The van der Waals surface area contributed by atoms with E-state index in [2.05, 4.69) is 11.9 Å². The summed E-state index contributed by atoms with van der Waals surface area (Å²) < 4.78 is 0. The van der Waals surface area contributed by atoms with Crippen molar-refractivity contribution in [2.24, 2.45) is 5.73 Å². The third-order valence-corrected chi connectivity index (χ3v) is 2.72. The van der Waals surface area contributed by atoms with Crippen LogP contribution < -0.4 is 11.1 Å². The highest BCUT2D eigenvalue weighted by atomic mass is 35.5. The molecule has 0 aliphatic carbocycles. The standard InChI is InChI=1S/C13H17ClN2O/c1-2-6-16-13(17)8-11(9-15)10-4-3-5-12(14)7-10/h2-5,7,11H,1,6,8-9,15H2,(H,16,17). The number of rotatable bonds is 6. The van der Waals surface area contributed by atoms with E-state index in [1.807, 2.05) is 18.2 Å². The van der Waals surface area contributed by atoms with Crippen LogP contribution in [-0.4, -0.2) is 19.0 Å². The molecule has 0 aromatic heterocycles. The summed E-state index contributed by atoms with van der Waals surface area (Å²) in [6.45, 7) is 4.44. The number of carbonyl (C=O) groups is 1. The second-order valence-corrected chi connectivity index (χ2v) is 4.22. The van der Waals surface area contributed by atoms with Crippen molar-refractivity contribution < 1.29 is 4.79 Å². The van der Waals surface area contributed by atoms with Gasteiger partial charge in [-0.25, -0.2) is 0 Å². The van der Waals surface area contributed by atoms with Gasteiger partial charge in [-0.3, -0.25) is 4.79 Å². The first-order chi connectivity index (χ1) is 8.17. The molecule has 3 N–H and O–H groups in total. The van der Waals surface area contributed by atoms with Gasteiger partial charge >= 0.3 is 0 Å². The van der Waals surface area contributed by atoms with E-state index in [9.17, 15) is 4.79 Å². The van der Waals surface area contributed by atoms with Crippen LogP contribution >= 0.6 is 11.6 Å². The first-order valence-electron chi connectivity index (χ1n) is 5.50. The van der Waals surface area contributed by atoms with Gasteiger partial charge in [0.25, 0.3) is 0 Å². The van der Waals surface area contributed by atoms with Crippen molar-refractivity contribution in [3.05, 3.63) is 47.5 Å². The van der Waals surface area contributed by atoms with Crippen molar-refractivity contribution in [2.45, 2.75) is 12.3 Å². The molecule has 0 aliphatic rings. The third-order valence-electron chi connectivity index (χ3n) is 2.48. The molecule has 1 amide bonds.